The van der Waals surface area contributed by atoms with Gasteiger partial charge in [0.2, 0.25) is 0 Å². The van der Waals surface area contributed by atoms with Gasteiger partial charge < -0.3 is 10.1 Å². The molecular formula is C17H28N2O. The number of hydrogen-bond acceptors (Lipinski definition) is 3. The van der Waals surface area contributed by atoms with Gasteiger partial charge in [0, 0.05) is 13.1 Å². The molecule has 2 rings (SSSR count). The van der Waals surface area contributed by atoms with E-state index in [1.54, 1.807) is 0 Å². The zero-order valence-corrected chi connectivity index (χ0v) is 12.7. The Kier molecular flexibility index (Phi) is 6.89. The SMILES string of the molecule is CNCc1ccc(OCCN2CCCCCCC2)cc1. The minimum atomic E-state index is 0.797. The Morgan fingerprint density at radius 2 is 1.65 bits per heavy atom. The summed E-state index contributed by atoms with van der Waals surface area (Å²) >= 11 is 0. The van der Waals surface area contributed by atoms with E-state index in [4.69, 9.17) is 4.74 Å². The highest BCUT2D eigenvalue weighted by atomic mass is 16.5. The van der Waals surface area contributed by atoms with Crippen molar-refractivity contribution in [3.8, 4) is 5.75 Å². The zero-order valence-electron chi connectivity index (χ0n) is 12.7. The van der Waals surface area contributed by atoms with Crippen molar-refractivity contribution in [2.24, 2.45) is 0 Å². The van der Waals surface area contributed by atoms with Gasteiger partial charge in [0.25, 0.3) is 0 Å². The highest BCUT2D eigenvalue weighted by Gasteiger charge is 2.07. The molecule has 1 fully saturated rings. The maximum atomic E-state index is 5.85. The van der Waals surface area contributed by atoms with Gasteiger partial charge >= 0.3 is 0 Å². The number of benzene rings is 1. The van der Waals surface area contributed by atoms with Crippen LogP contribution in [0.5, 0.6) is 5.75 Å². The fraction of sp³-hybridized carbons (Fsp3) is 0.647. The van der Waals surface area contributed by atoms with Crippen LogP contribution in [0.3, 0.4) is 0 Å². The lowest BCUT2D eigenvalue weighted by Crippen LogP contribution is -2.31. The normalized spacial score (nSPS) is 17.4. The van der Waals surface area contributed by atoms with Crippen molar-refractivity contribution < 1.29 is 4.74 Å². The monoisotopic (exact) mass is 276 g/mol. The minimum absolute atomic E-state index is 0.797. The second-order valence-corrected chi connectivity index (χ2v) is 5.63. The summed E-state index contributed by atoms with van der Waals surface area (Å²) in [7, 11) is 1.97. The first-order valence-corrected chi connectivity index (χ1v) is 7.97. The molecule has 1 aromatic rings. The molecule has 20 heavy (non-hydrogen) atoms. The van der Waals surface area contributed by atoms with Crippen LogP contribution in [0.4, 0.5) is 0 Å². The van der Waals surface area contributed by atoms with Gasteiger partial charge in [-0.3, -0.25) is 4.90 Å². The number of nitrogens with zero attached hydrogens (tertiary/aromatic N) is 1. The van der Waals surface area contributed by atoms with Crippen LogP contribution in [0.15, 0.2) is 24.3 Å². The lowest BCUT2D eigenvalue weighted by Gasteiger charge is -2.24. The van der Waals surface area contributed by atoms with Crippen molar-refractivity contribution in [2.45, 2.75) is 38.6 Å². The van der Waals surface area contributed by atoms with Gasteiger partial charge in [-0.15, -0.1) is 0 Å². The summed E-state index contributed by atoms with van der Waals surface area (Å²) < 4.78 is 5.85. The van der Waals surface area contributed by atoms with E-state index < -0.39 is 0 Å². The molecule has 0 aliphatic carbocycles. The molecule has 1 heterocycles. The molecule has 1 aliphatic heterocycles. The molecule has 0 saturated carbocycles. The molecule has 0 aromatic heterocycles. The number of rotatable bonds is 6. The molecule has 3 nitrogen and oxygen atoms in total. The molecule has 1 aromatic carbocycles. The van der Waals surface area contributed by atoms with Gasteiger partial charge in [0.1, 0.15) is 12.4 Å². The molecule has 0 bridgehead atoms. The van der Waals surface area contributed by atoms with Crippen LogP contribution in [0.2, 0.25) is 0 Å². The van der Waals surface area contributed by atoms with Crippen molar-refractivity contribution in [3.63, 3.8) is 0 Å². The van der Waals surface area contributed by atoms with Crippen molar-refractivity contribution in [3.05, 3.63) is 29.8 Å². The van der Waals surface area contributed by atoms with Gasteiger partial charge in [0.05, 0.1) is 0 Å². The fourth-order valence-electron chi connectivity index (χ4n) is 2.74. The topological polar surface area (TPSA) is 24.5 Å². The van der Waals surface area contributed by atoms with Crippen molar-refractivity contribution in [2.75, 3.05) is 33.3 Å². The average molecular weight is 276 g/mol. The molecule has 1 N–H and O–H groups in total. The van der Waals surface area contributed by atoms with E-state index in [1.807, 2.05) is 7.05 Å². The van der Waals surface area contributed by atoms with Crippen LogP contribution in [-0.2, 0) is 6.54 Å². The predicted octanol–water partition coefficient (Wildman–Crippen LogP) is 3.05. The van der Waals surface area contributed by atoms with E-state index in [1.165, 1.54) is 50.8 Å². The molecule has 1 aliphatic rings. The minimum Gasteiger partial charge on any atom is -0.492 e. The molecule has 0 atom stereocenters. The molecule has 0 amide bonds. The summed E-state index contributed by atoms with van der Waals surface area (Å²) in [5.74, 6) is 0.983. The van der Waals surface area contributed by atoms with Crippen molar-refractivity contribution >= 4 is 0 Å². The first-order valence-electron chi connectivity index (χ1n) is 7.97. The zero-order chi connectivity index (χ0) is 14.0. The number of ether oxygens (including phenoxy) is 1. The quantitative estimate of drug-likeness (QED) is 0.864. The number of hydrogen-bond donors (Lipinski definition) is 1. The van der Waals surface area contributed by atoms with Crippen LogP contribution in [-0.4, -0.2) is 38.2 Å². The van der Waals surface area contributed by atoms with Crippen molar-refractivity contribution in [1.82, 2.24) is 10.2 Å². The van der Waals surface area contributed by atoms with Gasteiger partial charge in [-0.1, -0.05) is 31.4 Å². The van der Waals surface area contributed by atoms with Crippen LogP contribution >= 0.6 is 0 Å². The first kappa shape index (κ1) is 15.3. The summed E-state index contributed by atoms with van der Waals surface area (Å²) in [5, 5.41) is 3.15. The second kappa shape index (κ2) is 8.98. The van der Waals surface area contributed by atoms with Gasteiger partial charge in [-0.2, -0.15) is 0 Å². The number of nitrogens with one attached hydrogen (secondary N) is 1. The first-order chi connectivity index (χ1) is 9.88. The van der Waals surface area contributed by atoms with E-state index >= 15 is 0 Å². The van der Waals surface area contributed by atoms with E-state index in [2.05, 4.69) is 34.5 Å². The predicted molar refractivity (Wildman–Crippen MR) is 84.2 cm³/mol. The van der Waals surface area contributed by atoms with Crippen LogP contribution in [0.1, 0.15) is 37.7 Å². The van der Waals surface area contributed by atoms with Crippen LogP contribution < -0.4 is 10.1 Å². The molecule has 0 spiro atoms. The van der Waals surface area contributed by atoms with E-state index in [0.717, 1.165) is 25.4 Å². The van der Waals surface area contributed by atoms with Gasteiger partial charge in [-0.05, 0) is 50.7 Å². The summed E-state index contributed by atoms with van der Waals surface area (Å²) in [6.07, 6.45) is 6.90. The summed E-state index contributed by atoms with van der Waals surface area (Å²) in [5.41, 5.74) is 1.30. The molecule has 1 saturated heterocycles. The fourth-order valence-corrected chi connectivity index (χ4v) is 2.74. The third-order valence-electron chi connectivity index (χ3n) is 3.93. The van der Waals surface area contributed by atoms with Gasteiger partial charge in [-0.25, -0.2) is 0 Å². The summed E-state index contributed by atoms with van der Waals surface area (Å²) in [6.45, 7) is 5.24. The Morgan fingerprint density at radius 1 is 1.00 bits per heavy atom. The van der Waals surface area contributed by atoms with Gasteiger partial charge in [0.15, 0.2) is 0 Å². The Balaban J connectivity index is 1.68. The molecule has 0 radical (unpaired) electrons. The molecular weight excluding hydrogens is 248 g/mol. The Bertz CT molecular complexity index is 356. The highest BCUT2D eigenvalue weighted by molar-refractivity contribution is 5.27. The third-order valence-corrected chi connectivity index (χ3v) is 3.93. The molecule has 3 heteroatoms. The Hall–Kier alpha value is -1.06. The van der Waals surface area contributed by atoms with E-state index in [9.17, 15) is 0 Å². The van der Waals surface area contributed by atoms with Crippen LogP contribution in [0.25, 0.3) is 0 Å². The van der Waals surface area contributed by atoms with E-state index in [0.29, 0.717) is 0 Å². The summed E-state index contributed by atoms with van der Waals surface area (Å²) in [6, 6.07) is 8.39. The van der Waals surface area contributed by atoms with Crippen molar-refractivity contribution in [1.29, 1.82) is 0 Å². The Labute approximate surface area is 123 Å². The average Bonchev–Trinajstić information content (AvgIpc) is 2.43. The molecule has 0 unspecified atom stereocenters. The number of likely N-dealkylation sites (tertiary alicyclic amines) is 1. The van der Waals surface area contributed by atoms with Crippen LogP contribution in [0, 0.1) is 0 Å². The second-order valence-electron chi connectivity index (χ2n) is 5.63. The highest BCUT2D eigenvalue weighted by Crippen LogP contribution is 2.13. The standard InChI is InChI=1S/C17H28N2O/c1-18-15-16-7-9-17(10-8-16)20-14-13-19-11-5-3-2-4-6-12-19/h7-10,18H,2-6,11-15H2,1H3. The Morgan fingerprint density at radius 3 is 2.30 bits per heavy atom. The smallest absolute Gasteiger partial charge is 0.119 e. The lowest BCUT2D eigenvalue weighted by atomic mass is 10.1. The third kappa shape index (κ3) is 5.51. The molecule has 112 valence electrons. The summed E-state index contributed by atoms with van der Waals surface area (Å²) in [4.78, 5) is 2.55. The lowest BCUT2D eigenvalue weighted by molar-refractivity contribution is 0.195. The maximum Gasteiger partial charge on any atom is 0.119 e. The van der Waals surface area contributed by atoms with E-state index in [-0.39, 0.29) is 0 Å². The maximum absolute atomic E-state index is 5.85. The largest absolute Gasteiger partial charge is 0.492 e.